The first kappa shape index (κ1) is 35.1. The maximum atomic E-state index is 13.8. The first-order valence-corrected chi connectivity index (χ1v) is 16.3. The zero-order chi connectivity index (χ0) is 31.9. The van der Waals surface area contributed by atoms with E-state index in [0.29, 0.717) is 43.4 Å². The highest BCUT2D eigenvalue weighted by Crippen LogP contribution is 2.65. The molecule has 43 heavy (non-hydrogen) atoms. The zero-order valence-electron chi connectivity index (χ0n) is 27.3. The van der Waals surface area contributed by atoms with Gasteiger partial charge in [0.1, 0.15) is 6.04 Å². The Morgan fingerprint density at radius 1 is 1.12 bits per heavy atom. The van der Waals surface area contributed by atoms with Gasteiger partial charge >= 0.3 is 7.12 Å². The van der Waals surface area contributed by atoms with Gasteiger partial charge in [-0.1, -0.05) is 66.2 Å². The lowest BCUT2D eigenvalue weighted by Crippen LogP contribution is -2.65. The molecule has 0 aromatic heterocycles. The van der Waals surface area contributed by atoms with E-state index in [0.717, 1.165) is 38.5 Å². The molecule has 5 N–H and O–H groups in total. The summed E-state index contributed by atoms with van der Waals surface area (Å²) in [4.78, 5) is 41.2. The Morgan fingerprint density at radius 3 is 2.47 bits per heavy atom. The number of guanidine groups is 1. The van der Waals surface area contributed by atoms with Crippen LogP contribution in [-0.2, 0) is 18.9 Å². The van der Waals surface area contributed by atoms with Crippen LogP contribution in [0, 0.1) is 39.2 Å². The van der Waals surface area contributed by atoms with Crippen molar-refractivity contribution in [1.29, 1.82) is 0 Å². The van der Waals surface area contributed by atoms with Gasteiger partial charge in [0.15, 0.2) is 5.03 Å². The number of carbonyl (C=O) groups excluding carboxylic acids is 2. The second-order valence-electron chi connectivity index (χ2n) is 14.3. The van der Waals surface area contributed by atoms with Gasteiger partial charge in [-0.15, -0.1) is 0 Å². The number of aliphatic imine (C=N–C) groups is 1. The number of unbranched alkanes of at least 4 members (excludes halogenated alkanes) is 1. The number of nitrogens with one attached hydrogen (secondary N) is 3. The smallest absolute Gasteiger partial charge is 0.404 e. The van der Waals surface area contributed by atoms with Crippen molar-refractivity contribution < 1.29 is 23.9 Å². The predicted octanol–water partition coefficient (Wildman–Crippen LogP) is 3.75. The van der Waals surface area contributed by atoms with Crippen LogP contribution in [0.25, 0.3) is 0 Å². The third-order valence-corrected chi connectivity index (χ3v) is 10.1. The Bertz CT molecular complexity index is 1010. The van der Waals surface area contributed by atoms with Crippen molar-refractivity contribution in [1.82, 2.24) is 16.1 Å². The van der Waals surface area contributed by atoms with E-state index < -0.39 is 18.2 Å². The van der Waals surface area contributed by atoms with Gasteiger partial charge in [-0.3, -0.25) is 9.59 Å². The average molecular weight is 607 g/mol. The van der Waals surface area contributed by atoms with Crippen LogP contribution in [0.1, 0.15) is 113 Å². The van der Waals surface area contributed by atoms with E-state index in [2.05, 4.69) is 64.1 Å². The lowest BCUT2D eigenvalue weighted by Gasteiger charge is -2.64. The van der Waals surface area contributed by atoms with Gasteiger partial charge in [0.2, 0.25) is 11.8 Å². The molecule has 13 heteroatoms. The number of amides is 2. The Balaban J connectivity index is 1.67. The summed E-state index contributed by atoms with van der Waals surface area (Å²) in [6.45, 7) is 15.5. The summed E-state index contributed by atoms with van der Waals surface area (Å²) in [7, 11) is -0.565. The Labute approximate surface area is 257 Å². The second-order valence-corrected chi connectivity index (χ2v) is 14.3. The molecule has 2 amide bonds. The molecule has 1 unspecified atom stereocenters. The topological polar surface area (TPSA) is 170 Å². The maximum absolute atomic E-state index is 13.8. The third-order valence-electron chi connectivity index (χ3n) is 10.1. The van der Waals surface area contributed by atoms with Gasteiger partial charge in [0, 0.05) is 13.0 Å². The van der Waals surface area contributed by atoms with Crippen molar-refractivity contribution in [2.45, 2.75) is 136 Å². The van der Waals surface area contributed by atoms with E-state index in [1.807, 2.05) is 5.43 Å². The van der Waals surface area contributed by atoms with Crippen molar-refractivity contribution in [3.8, 4) is 0 Å². The minimum Gasteiger partial charge on any atom is -0.404 e. The van der Waals surface area contributed by atoms with Crippen molar-refractivity contribution >= 4 is 24.9 Å². The summed E-state index contributed by atoms with van der Waals surface area (Å²) >= 11 is 0. The third kappa shape index (κ3) is 9.06. The molecule has 3 aliphatic carbocycles. The summed E-state index contributed by atoms with van der Waals surface area (Å²) in [5.41, 5.74) is 7.16. The quantitative estimate of drug-likeness (QED) is 0.0484. The highest BCUT2D eigenvalue weighted by atomic mass is 16.7. The molecule has 0 radical (unpaired) electrons. The zero-order valence-corrected chi connectivity index (χ0v) is 27.3. The van der Waals surface area contributed by atoms with E-state index in [-0.39, 0.29) is 53.3 Å². The number of hydrogen-bond donors (Lipinski definition) is 4. The van der Waals surface area contributed by atoms with Crippen molar-refractivity contribution in [3.05, 3.63) is 10.1 Å². The summed E-state index contributed by atoms with van der Waals surface area (Å²) in [5, 5.41) is 15.9. The van der Waals surface area contributed by atoms with Crippen LogP contribution >= 0.6 is 0 Å². The minimum atomic E-state index is -0.793. The number of rotatable bonds is 17. The normalized spacial score (nSPS) is 28.0. The maximum Gasteiger partial charge on any atom is 0.481 e. The number of carbonyl (C=O) groups is 2. The number of nitro groups is 1. The van der Waals surface area contributed by atoms with Crippen LogP contribution in [0.15, 0.2) is 4.99 Å². The summed E-state index contributed by atoms with van der Waals surface area (Å²) < 4.78 is 13.2. The van der Waals surface area contributed by atoms with E-state index in [4.69, 9.17) is 15.0 Å². The van der Waals surface area contributed by atoms with Crippen molar-refractivity contribution in [2.24, 2.45) is 39.8 Å². The monoisotopic (exact) mass is 606 g/mol. The molecule has 4 fully saturated rings. The van der Waals surface area contributed by atoms with Crippen molar-refractivity contribution in [3.63, 3.8) is 0 Å². The molecule has 7 atom stereocenters. The molecule has 2 bridgehead atoms. The van der Waals surface area contributed by atoms with E-state index >= 15 is 0 Å². The molecule has 0 aromatic rings. The van der Waals surface area contributed by atoms with Crippen LogP contribution in [0.3, 0.4) is 0 Å². The number of nitrogens with two attached hydrogens (primary N) is 1. The fourth-order valence-electron chi connectivity index (χ4n) is 7.33. The van der Waals surface area contributed by atoms with Crippen molar-refractivity contribution in [2.75, 3.05) is 6.54 Å². The molecule has 0 aromatic carbocycles. The number of nitrogens with zero attached hydrogens (tertiary/aromatic N) is 2. The average Bonchev–Trinajstić information content (AvgIpc) is 3.28. The first-order chi connectivity index (χ1) is 20.2. The van der Waals surface area contributed by atoms with Gasteiger partial charge < -0.3 is 25.7 Å². The highest BCUT2D eigenvalue weighted by Gasteiger charge is 2.68. The molecule has 12 nitrogen and oxygen atoms in total. The van der Waals surface area contributed by atoms with Crippen LogP contribution in [0.4, 0.5) is 0 Å². The predicted molar refractivity (Wildman–Crippen MR) is 167 cm³/mol. The molecular weight excluding hydrogens is 551 g/mol. The van der Waals surface area contributed by atoms with Crippen LogP contribution in [0.5, 0.6) is 0 Å². The highest BCUT2D eigenvalue weighted by molar-refractivity contribution is 6.48. The second kappa shape index (κ2) is 15.1. The lowest BCUT2D eigenvalue weighted by atomic mass is 9.43. The largest absolute Gasteiger partial charge is 0.481 e. The van der Waals surface area contributed by atoms with Gasteiger partial charge in [0.25, 0.3) is 5.96 Å². The molecule has 0 spiro atoms. The van der Waals surface area contributed by atoms with Crippen LogP contribution < -0.4 is 21.8 Å². The molecule has 244 valence electrons. The van der Waals surface area contributed by atoms with Crippen LogP contribution in [-0.4, -0.2) is 60.2 Å². The van der Waals surface area contributed by atoms with E-state index in [9.17, 15) is 19.7 Å². The summed E-state index contributed by atoms with van der Waals surface area (Å²) in [5.74, 6) is 0.596. The fraction of sp³-hybridized carbons (Fsp3) is 0.900. The molecule has 1 heterocycles. The van der Waals surface area contributed by atoms with Gasteiger partial charge in [-0.05, 0) is 74.5 Å². The standard InChI is InChI=1S/C30H55BN6O6/c1-8-9-11-20(4)13-14-26(38)34-22(12-10-15-33-28(32)36-37(40)41)27(39)35-25(16-19(2)3)31-42-24-18-21-17-23(29(21,5)6)30(24,7)43-31/h19-25H,8-18H2,1-7H3,(H,34,38)(H,35,39)(H3,32,33,36)/t20?,21-,22+,23-,24-,25+,30+/m1/s1. The molecule has 1 aliphatic heterocycles. The Hall–Kier alpha value is -2.41. The van der Waals surface area contributed by atoms with E-state index in [1.54, 1.807) is 0 Å². The number of hydrazine groups is 1. The molecule has 4 aliphatic rings. The fourth-order valence-corrected chi connectivity index (χ4v) is 7.33. The van der Waals surface area contributed by atoms with Gasteiger partial charge in [-0.2, -0.15) is 0 Å². The number of hydrogen-bond acceptors (Lipinski definition) is 7. The Kier molecular flexibility index (Phi) is 12.3. The van der Waals surface area contributed by atoms with Gasteiger partial charge in [-0.25, -0.2) is 15.1 Å². The summed E-state index contributed by atoms with van der Waals surface area (Å²) in [6.07, 6.45) is 7.89. The van der Waals surface area contributed by atoms with Gasteiger partial charge in [0.05, 0.1) is 17.6 Å². The molecule has 4 rings (SSSR count). The molecule has 3 saturated carbocycles. The minimum absolute atomic E-state index is 0.00197. The Morgan fingerprint density at radius 2 is 1.84 bits per heavy atom. The molecule has 1 saturated heterocycles. The van der Waals surface area contributed by atoms with E-state index in [1.165, 1.54) is 0 Å². The lowest BCUT2D eigenvalue weighted by molar-refractivity contribution is -0.525. The SMILES string of the molecule is CCCCC(C)CCC(=O)N[C@@H](CCCN=C(N)N[N+](=O)[O-])C(=O)N[C@@H](CC(C)C)B1O[C@@H]2C[C@H]3C[C@H](C3(C)C)[C@]2(C)O1. The first-order valence-electron chi connectivity index (χ1n) is 16.3. The van der Waals surface area contributed by atoms with Crippen LogP contribution in [0.2, 0.25) is 0 Å². The summed E-state index contributed by atoms with van der Waals surface area (Å²) in [6, 6.07) is -0.793. The molecular formula is C30H55BN6O6.